The second-order valence-electron chi connectivity index (χ2n) is 3.24. The van der Waals surface area contributed by atoms with Crippen molar-refractivity contribution in [2.24, 2.45) is 0 Å². The summed E-state index contributed by atoms with van der Waals surface area (Å²) in [4.78, 5) is 23.8. The van der Waals surface area contributed by atoms with Crippen LogP contribution >= 0.6 is 11.3 Å². The van der Waals surface area contributed by atoms with Crippen molar-refractivity contribution < 1.29 is 9.59 Å². The van der Waals surface area contributed by atoms with E-state index in [1.165, 1.54) is 18.3 Å². The largest absolute Gasteiger partial charge is 0.306 e. The molecule has 14 heavy (non-hydrogen) atoms. The first kappa shape index (κ1) is 10.9. The van der Waals surface area contributed by atoms with E-state index in [2.05, 4.69) is 0 Å². The molecule has 0 N–H and O–H groups in total. The maximum Gasteiger partial charge on any atom is 0.234 e. The predicted octanol–water partition coefficient (Wildman–Crippen LogP) is 2.00. The molecule has 0 fully saturated rings. The molecule has 0 aliphatic carbocycles. The van der Waals surface area contributed by atoms with Crippen LogP contribution in [0.2, 0.25) is 0 Å². The smallest absolute Gasteiger partial charge is 0.234 e. The number of hydrogen-bond donors (Lipinski definition) is 0. The van der Waals surface area contributed by atoms with Crippen molar-refractivity contribution in [2.75, 3.05) is 11.9 Å². The number of thiophene rings is 1. The molecule has 0 unspecified atom stereocenters. The van der Waals surface area contributed by atoms with Gasteiger partial charge in [0.2, 0.25) is 5.91 Å². The predicted molar refractivity (Wildman–Crippen MR) is 57.8 cm³/mol. The Hall–Kier alpha value is -1.16. The summed E-state index contributed by atoms with van der Waals surface area (Å²) in [5.74, 6) is -0.251. The van der Waals surface area contributed by atoms with Crippen LogP contribution in [0.5, 0.6) is 0 Å². The van der Waals surface area contributed by atoms with Crippen molar-refractivity contribution in [3.05, 3.63) is 17.0 Å². The molecule has 4 heteroatoms. The van der Waals surface area contributed by atoms with E-state index in [1.54, 1.807) is 11.9 Å². The van der Waals surface area contributed by atoms with Gasteiger partial charge in [-0.15, -0.1) is 11.3 Å². The van der Waals surface area contributed by atoms with E-state index in [0.717, 1.165) is 10.6 Å². The zero-order valence-corrected chi connectivity index (χ0v) is 9.35. The Morgan fingerprint density at radius 1 is 1.50 bits per heavy atom. The molecule has 0 aliphatic heterocycles. The number of rotatable bonds is 3. The van der Waals surface area contributed by atoms with Crippen LogP contribution < -0.4 is 4.90 Å². The number of anilines is 1. The highest BCUT2D eigenvalue weighted by atomic mass is 32.1. The molecule has 0 spiro atoms. The maximum absolute atomic E-state index is 11.5. The number of ketones is 1. The zero-order valence-electron chi connectivity index (χ0n) is 8.53. The van der Waals surface area contributed by atoms with Gasteiger partial charge in [-0.2, -0.15) is 0 Å². The number of Topliss-reactive ketones (excluding diaryl/α,β-unsaturated/α-hetero) is 1. The third kappa shape index (κ3) is 2.42. The van der Waals surface area contributed by atoms with E-state index in [1.807, 2.05) is 18.4 Å². The number of hydrogen-bond acceptors (Lipinski definition) is 3. The van der Waals surface area contributed by atoms with E-state index >= 15 is 0 Å². The van der Waals surface area contributed by atoms with Crippen LogP contribution in [0.3, 0.4) is 0 Å². The molecule has 0 aromatic carbocycles. The Morgan fingerprint density at radius 2 is 2.14 bits per heavy atom. The number of amides is 1. The topological polar surface area (TPSA) is 37.4 Å². The van der Waals surface area contributed by atoms with Crippen LogP contribution in [0.4, 0.5) is 5.00 Å². The van der Waals surface area contributed by atoms with Gasteiger partial charge in [0.25, 0.3) is 0 Å². The molecule has 0 atom stereocenters. The minimum Gasteiger partial charge on any atom is -0.306 e. The molecule has 0 radical (unpaired) electrons. The second kappa shape index (κ2) is 4.37. The highest BCUT2D eigenvalue weighted by Gasteiger charge is 2.15. The summed E-state index contributed by atoms with van der Waals surface area (Å²) in [6, 6.07) is 1.96. The van der Waals surface area contributed by atoms with E-state index < -0.39 is 0 Å². The highest BCUT2D eigenvalue weighted by Crippen LogP contribution is 2.25. The molecule has 76 valence electrons. The van der Waals surface area contributed by atoms with Gasteiger partial charge >= 0.3 is 0 Å². The van der Waals surface area contributed by atoms with Gasteiger partial charge in [-0.25, -0.2) is 0 Å². The van der Waals surface area contributed by atoms with Crippen molar-refractivity contribution in [3.63, 3.8) is 0 Å². The Labute approximate surface area is 87.3 Å². The maximum atomic E-state index is 11.5. The third-order valence-corrected chi connectivity index (χ3v) is 3.01. The standard InChI is InChI=1S/C10H13NO2S/c1-7-4-5-14-10(7)11(3)9(13)6-8(2)12/h4-5H,6H2,1-3H3. The quantitative estimate of drug-likeness (QED) is 0.717. The summed E-state index contributed by atoms with van der Waals surface area (Å²) in [7, 11) is 1.70. The number of aryl methyl sites for hydroxylation is 1. The van der Waals surface area contributed by atoms with Gasteiger partial charge in [-0.05, 0) is 30.9 Å². The van der Waals surface area contributed by atoms with Crippen molar-refractivity contribution >= 4 is 28.0 Å². The van der Waals surface area contributed by atoms with Crippen LogP contribution in [0, 0.1) is 6.92 Å². The normalized spacial score (nSPS) is 9.93. The fourth-order valence-electron chi connectivity index (χ4n) is 1.15. The molecule has 1 heterocycles. The van der Waals surface area contributed by atoms with E-state index in [0.29, 0.717) is 0 Å². The lowest BCUT2D eigenvalue weighted by Crippen LogP contribution is -2.27. The first-order chi connectivity index (χ1) is 6.52. The Balaban J connectivity index is 2.75. The van der Waals surface area contributed by atoms with Gasteiger partial charge in [-0.1, -0.05) is 0 Å². The summed E-state index contributed by atoms with van der Waals surface area (Å²) in [5, 5.41) is 2.85. The van der Waals surface area contributed by atoms with E-state index in [-0.39, 0.29) is 18.1 Å². The molecule has 1 rings (SSSR count). The molecule has 0 saturated heterocycles. The van der Waals surface area contributed by atoms with Gasteiger partial charge in [0.15, 0.2) is 0 Å². The summed E-state index contributed by atoms with van der Waals surface area (Å²) < 4.78 is 0. The van der Waals surface area contributed by atoms with Crippen molar-refractivity contribution in [1.82, 2.24) is 0 Å². The molecular formula is C10H13NO2S. The van der Waals surface area contributed by atoms with Crippen LogP contribution in [0.15, 0.2) is 11.4 Å². The lowest BCUT2D eigenvalue weighted by Gasteiger charge is -2.15. The fraction of sp³-hybridized carbons (Fsp3) is 0.400. The SMILES string of the molecule is CC(=O)CC(=O)N(C)c1sccc1C. The van der Waals surface area contributed by atoms with Crippen LogP contribution in [-0.2, 0) is 9.59 Å². The van der Waals surface area contributed by atoms with Gasteiger partial charge in [-0.3, -0.25) is 9.59 Å². The monoisotopic (exact) mass is 211 g/mol. The third-order valence-electron chi connectivity index (χ3n) is 1.91. The average molecular weight is 211 g/mol. The van der Waals surface area contributed by atoms with E-state index in [9.17, 15) is 9.59 Å². The summed E-state index contributed by atoms with van der Waals surface area (Å²) in [5.41, 5.74) is 1.06. The van der Waals surface area contributed by atoms with Crippen LogP contribution in [0.25, 0.3) is 0 Å². The second-order valence-corrected chi connectivity index (χ2v) is 4.13. The molecular weight excluding hydrogens is 198 g/mol. The number of carbonyl (C=O) groups is 2. The lowest BCUT2D eigenvalue weighted by molar-refractivity contribution is -0.125. The minimum atomic E-state index is -0.150. The van der Waals surface area contributed by atoms with E-state index in [4.69, 9.17) is 0 Å². The Bertz CT molecular complexity index is 357. The summed E-state index contributed by atoms with van der Waals surface area (Å²) in [6.07, 6.45) is -0.0200. The summed E-state index contributed by atoms with van der Waals surface area (Å²) >= 11 is 1.51. The van der Waals surface area contributed by atoms with Gasteiger partial charge < -0.3 is 4.90 Å². The Kier molecular flexibility index (Phi) is 3.41. The first-order valence-corrected chi connectivity index (χ1v) is 5.20. The molecule has 0 aliphatic rings. The zero-order chi connectivity index (χ0) is 10.7. The molecule has 0 bridgehead atoms. The highest BCUT2D eigenvalue weighted by molar-refractivity contribution is 7.14. The first-order valence-electron chi connectivity index (χ1n) is 4.32. The molecule has 0 saturated carbocycles. The number of carbonyl (C=O) groups excluding carboxylic acids is 2. The average Bonchev–Trinajstić information content (AvgIpc) is 2.48. The lowest BCUT2D eigenvalue weighted by atomic mass is 10.3. The number of nitrogens with zero attached hydrogens (tertiary/aromatic N) is 1. The van der Waals surface area contributed by atoms with Crippen molar-refractivity contribution in [3.8, 4) is 0 Å². The van der Waals surface area contributed by atoms with Crippen LogP contribution in [0.1, 0.15) is 18.9 Å². The van der Waals surface area contributed by atoms with Gasteiger partial charge in [0, 0.05) is 7.05 Å². The van der Waals surface area contributed by atoms with Gasteiger partial charge in [0.1, 0.15) is 10.8 Å². The molecule has 1 amide bonds. The Morgan fingerprint density at radius 3 is 2.57 bits per heavy atom. The molecule has 3 nitrogen and oxygen atoms in total. The van der Waals surface area contributed by atoms with Crippen molar-refractivity contribution in [1.29, 1.82) is 0 Å². The van der Waals surface area contributed by atoms with Crippen molar-refractivity contribution in [2.45, 2.75) is 20.3 Å². The molecule has 1 aromatic rings. The molecule has 1 aromatic heterocycles. The van der Waals surface area contributed by atoms with Crippen LogP contribution in [-0.4, -0.2) is 18.7 Å². The summed E-state index contributed by atoms with van der Waals surface area (Å²) in [6.45, 7) is 3.37. The minimum absolute atomic E-state index is 0.0200. The fourth-order valence-corrected chi connectivity index (χ4v) is 2.07. The van der Waals surface area contributed by atoms with Gasteiger partial charge in [0.05, 0.1) is 6.42 Å².